The molecule has 0 spiro atoms. The lowest BCUT2D eigenvalue weighted by molar-refractivity contribution is -0.128. The molecule has 1 fully saturated rings. The number of rotatable bonds is 5. The molecule has 2 amide bonds. The van der Waals surface area contributed by atoms with Crippen LogP contribution in [0, 0.1) is 0 Å². The predicted octanol–water partition coefficient (Wildman–Crippen LogP) is 1.98. The quantitative estimate of drug-likeness (QED) is 0.841. The zero-order chi connectivity index (χ0) is 16.9. The van der Waals surface area contributed by atoms with Crippen LogP contribution in [0.4, 0.5) is 0 Å². The average Bonchev–Trinajstić information content (AvgIpc) is 3.08. The van der Waals surface area contributed by atoms with Crippen molar-refractivity contribution < 1.29 is 14.3 Å². The van der Waals surface area contributed by atoms with Gasteiger partial charge in [0, 0.05) is 19.1 Å². The minimum absolute atomic E-state index is 0.0328. The van der Waals surface area contributed by atoms with Gasteiger partial charge in [0.05, 0.1) is 19.1 Å². The van der Waals surface area contributed by atoms with Crippen molar-refractivity contribution in [2.24, 2.45) is 0 Å². The first-order valence-corrected chi connectivity index (χ1v) is 8.58. The average molecular weight is 328 g/mol. The number of fused-ring (bicyclic) bond motifs is 1. The minimum Gasteiger partial charge on any atom is -0.373 e. The van der Waals surface area contributed by atoms with E-state index in [-0.39, 0.29) is 24.0 Å². The molecule has 2 aliphatic heterocycles. The number of benzene rings is 1. The highest BCUT2D eigenvalue weighted by Gasteiger charge is 2.28. The molecule has 2 aliphatic rings. The van der Waals surface area contributed by atoms with Crippen molar-refractivity contribution in [2.75, 3.05) is 19.7 Å². The van der Waals surface area contributed by atoms with Gasteiger partial charge in [-0.15, -0.1) is 0 Å². The van der Waals surface area contributed by atoms with E-state index >= 15 is 0 Å². The Balaban J connectivity index is 1.53. The smallest absolute Gasteiger partial charge is 0.246 e. The monoisotopic (exact) mass is 328 g/mol. The molecule has 0 bridgehead atoms. The number of carbonyl (C=O) groups excluding carboxylic acids is 2. The van der Waals surface area contributed by atoms with Crippen molar-refractivity contribution in [3.8, 4) is 0 Å². The Labute approximate surface area is 142 Å². The number of nitrogens with zero attached hydrogens (tertiary/aromatic N) is 1. The Kier molecular flexibility index (Phi) is 5.30. The van der Waals surface area contributed by atoms with Crippen LogP contribution < -0.4 is 5.32 Å². The van der Waals surface area contributed by atoms with Gasteiger partial charge in [0.15, 0.2) is 0 Å². The first-order valence-electron chi connectivity index (χ1n) is 8.58. The van der Waals surface area contributed by atoms with E-state index in [2.05, 4.69) is 18.0 Å². The zero-order valence-corrected chi connectivity index (χ0v) is 13.9. The predicted molar refractivity (Wildman–Crippen MR) is 91.4 cm³/mol. The van der Waals surface area contributed by atoms with Gasteiger partial charge in [0.1, 0.15) is 0 Å². The van der Waals surface area contributed by atoms with Crippen LogP contribution in [0.3, 0.4) is 0 Å². The van der Waals surface area contributed by atoms with E-state index in [1.807, 2.05) is 18.2 Å². The second kappa shape index (κ2) is 7.62. The molecule has 0 saturated carbocycles. The summed E-state index contributed by atoms with van der Waals surface area (Å²) in [6.07, 6.45) is 4.27. The maximum absolute atomic E-state index is 12.3. The lowest BCUT2D eigenvalue weighted by Gasteiger charge is -2.27. The molecule has 2 heterocycles. The fourth-order valence-electron chi connectivity index (χ4n) is 3.57. The molecule has 0 radical (unpaired) electrons. The maximum atomic E-state index is 12.3. The fraction of sp³-hybridized carbons (Fsp3) is 0.474. The summed E-state index contributed by atoms with van der Waals surface area (Å²) >= 11 is 0. The van der Waals surface area contributed by atoms with Crippen LogP contribution in [0.15, 0.2) is 36.9 Å². The van der Waals surface area contributed by atoms with Crippen LogP contribution in [-0.4, -0.2) is 42.5 Å². The van der Waals surface area contributed by atoms with Crippen LogP contribution in [0.25, 0.3) is 0 Å². The normalized spacial score (nSPS) is 22.8. The lowest BCUT2D eigenvalue weighted by atomic mass is 9.95. The van der Waals surface area contributed by atoms with E-state index in [4.69, 9.17) is 4.74 Å². The van der Waals surface area contributed by atoms with Gasteiger partial charge in [-0.2, -0.15) is 0 Å². The Bertz CT molecular complexity index is 629. The van der Waals surface area contributed by atoms with Gasteiger partial charge in [-0.3, -0.25) is 9.59 Å². The van der Waals surface area contributed by atoms with Gasteiger partial charge in [-0.1, -0.05) is 30.8 Å². The third-order valence-corrected chi connectivity index (χ3v) is 4.83. The molecule has 24 heavy (non-hydrogen) atoms. The van der Waals surface area contributed by atoms with E-state index in [9.17, 15) is 9.59 Å². The number of nitrogens with one attached hydrogen (secondary N) is 1. The molecule has 5 heteroatoms. The molecule has 2 atom stereocenters. The van der Waals surface area contributed by atoms with E-state index in [0.29, 0.717) is 19.6 Å². The molecule has 3 rings (SSSR count). The molecule has 0 aliphatic carbocycles. The number of amides is 2. The Hall–Kier alpha value is -2.14. The van der Waals surface area contributed by atoms with Crippen molar-refractivity contribution in [3.63, 3.8) is 0 Å². The van der Waals surface area contributed by atoms with Gasteiger partial charge in [-0.05, 0) is 36.5 Å². The highest BCUT2D eigenvalue weighted by Crippen LogP contribution is 2.29. The summed E-state index contributed by atoms with van der Waals surface area (Å²) in [4.78, 5) is 25.9. The van der Waals surface area contributed by atoms with Gasteiger partial charge >= 0.3 is 0 Å². The van der Waals surface area contributed by atoms with Crippen molar-refractivity contribution in [3.05, 3.63) is 48.0 Å². The van der Waals surface area contributed by atoms with Gasteiger partial charge < -0.3 is 15.0 Å². The van der Waals surface area contributed by atoms with Gasteiger partial charge in [0.2, 0.25) is 11.8 Å². The summed E-state index contributed by atoms with van der Waals surface area (Å²) in [5.41, 5.74) is 2.38. The third kappa shape index (κ3) is 3.67. The number of hydrogen-bond acceptors (Lipinski definition) is 3. The Morgan fingerprint density at radius 1 is 1.38 bits per heavy atom. The highest BCUT2D eigenvalue weighted by atomic mass is 16.5. The second-order valence-corrected chi connectivity index (χ2v) is 6.35. The summed E-state index contributed by atoms with van der Waals surface area (Å²) < 4.78 is 5.79. The first kappa shape index (κ1) is 16.7. The summed E-state index contributed by atoms with van der Waals surface area (Å²) in [5.74, 6) is -0.0918. The first-order chi connectivity index (χ1) is 11.7. The molecule has 5 nitrogen and oxygen atoms in total. The molecule has 1 N–H and O–H groups in total. The van der Waals surface area contributed by atoms with Gasteiger partial charge in [-0.25, -0.2) is 0 Å². The van der Waals surface area contributed by atoms with Crippen molar-refractivity contribution in [1.82, 2.24) is 10.2 Å². The SMILES string of the molecule is C=CC(=O)N1CCCC1CNC(=O)CC1OCCc2ccccc21. The Morgan fingerprint density at radius 3 is 3.04 bits per heavy atom. The number of ether oxygens (including phenoxy) is 1. The molecule has 128 valence electrons. The molecule has 1 aromatic rings. The largest absolute Gasteiger partial charge is 0.373 e. The fourth-order valence-corrected chi connectivity index (χ4v) is 3.57. The second-order valence-electron chi connectivity index (χ2n) is 6.35. The van der Waals surface area contributed by atoms with E-state index in [1.54, 1.807) is 4.90 Å². The van der Waals surface area contributed by atoms with Crippen LogP contribution >= 0.6 is 0 Å². The standard InChI is InChI=1S/C19H24N2O3/c1-2-19(23)21-10-5-7-15(21)13-20-18(22)12-17-16-8-4-3-6-14(16)9-11-24-17/h2-4,6,8,15,17H,1,5,7,9-13H2,(H,20,22). The number of likely N-dealkylation sites (tertiary alicyclic amines) is 1. The zero-order valence-electron chi connectivity index (χ0n) is 13.9. The van der Waals surface area contributed by atoms with Crippen molar-refractivity contribution in [2.45, 2.75) is 37.8 Å². The number of carbonyl (C=O) groups is 2. The number of hydrogen-bond donors (Lipinski definition) is 1. The topological polar surface area (TPSA) is 58.6 Å². The van der Waals surface area contributed by atoms with Crippen LogP contribution in [0.2, 0.25) is 0 Å². The summed E-state index contributed by atoms with van der Waals surface area (Å²) in [7, 11) is 0. The van der Waals surface area contributed by atoms with E-state index in [1.165, 1.54) is 11.6 Å². The molecule has 1 saturated heterocycles. The minimum atomic E-state index is -0.176. The van der Waals surface area contributed by atoms with Crippen LogP contribution in [-0.2, 0) is 20.7 Å². The van der Waals surface area contributed by atoms with Crippen molar-refractivity contribution in [1.29, 1.82) is 0 Å². The van der Waals surface area contributed by atoms with E-state index < -0.39 is 0 Å². The molecule has 0 aromatic heterocycles. The van der Waals surface area contributed by atoms with E-state index in [0.717, 1.165) is 31.4 Å². The molecule has 2 unspecified atom stereocenters. The van der Waals surface area contributed by atoms with Gasteiger partial charge in [0.25, 0.3) is 0 Å². The summed E-state index contributed by atoms with van der Waals surface area (Å²) in [6, 6.07) is 8.20. The van der Waals surface area contributed by atoms with Crippen LogP contribution in [0.1, 0.15) is 36.5 Å². The molecular weight excluding hydrogens is 304 g/mol. The molecular formula is C19H24N2O3. The lowest BCUT2D eigenvalue weighted by Crippen LogP contribution is -2.42. The maximum Gasteiger partial charge on any atom is 0.246 e. The van der Waals surface area contributed by atoms with Crippen molar-refractivity contribution >= 4 is 11.8 Å². The molecule has 1 aromatic carbocycles. The summed E-state index contributed by atoms with van der Waals surface area (Å²) in [6.45, 7) is 5.42. The third-order valence-electron chi connectivity index (χ3n) is 4.83. The highest BCUT2D eigenvalue weighted by molar-refractivity contribution is 5.87. The summed E-state index contributed by atoms with van der Waals surface area (Å²) in [5, 5.41) is 2.96. The van der Waals surface area contributed by atoms with Crippen LogP contribution in [0.5, 0.6) is 0 Å². The Morgan fingerprint density at radius 2 is 2.21 bits per heavy atom.